The Labute approximate surface area is 235 Å². The minimum absolute atomic E-state index is 0.0171. The second-order valence-corrected chi connectivity index (χ2v) is 8.98. The number of hydrogen-bond donors (Lipinski definition) is 3. The molecule has 0 spiro atoms. The molecule has 0 bridgehead atoms. The summed E-state index contributed by atoms with van der Waals surface area (Å²) in [5, 5.41) is 16.0. The van der Waals surface area contributed by atoms with Crippen LogP contribution in [0, 0.1) is 0 Å². The molecule has 0 aliphatic rings. The highest BCUT2D eigenvalue weighted by atomic mass is 16.5. The highest BCUT2D eigenvalue weighted by Crippen LogP contribution is 2.27. The summed E-state index contributed by atoms with van der Waals surface area (Å²) < 4.78 is 10.7. The average molecular weight is 551 g/mol. The van der Waals surface area contributed by atoms with Crippen LogP contribution in [-0.4, -0.2) is 72.4 Å². The molecular formula is C29H38N6O5. The SMILES string of the molecule is CCN(CC)CCCCNC(=O)c1cccc(Nc2nccc(N(Cc3cc(OC)ccc3OC)C(=O)O)n2)c1. The van der Waals surface area contributed by atoms with Gasteiger partial charge in [0.15, 0.2) is 0 Å². The zero-order valence-corrected chi connectivity index (χ0v) is 23.5. The number of carbonyl (C=O) groups is 2. The zero-order chi connectivity index (χ0) is 28.9. The number of anilines is 3. The van der Waals surface area contributed by atoms with Gasteiger partial charge < -0.3 is 30.1 Å². The van der Waals surface area contributed by atoms with Crippen LogP contribution >= 0.6 is 0 Å². The van der Waals surface area contributed by atoms with Crippen molar-refractivity contribution >= 4 is 29.5 Å². The quantitative estimate of drug-likeness (QED) is 0.229. The van der Waals surface area contributed by atoms with E-state index in [1.165, 1.54) is 26.5 Å². The van der Waals surface area contributed by atoms with Gasteiger partial charge in [-0.25, -0.2) is 9.78 Å². The van der Waals surface area contributed by atoms with Gasteiger partial charge in [0.1, 0.15) is 17.3 Å². The maximum atomic E-state index is 12.7. The van der Waals surface area contributed by atoms with Gasteiger partial charge in [-0.3, -0.25) is 9.69 Å². The molecule has 0 radical (unpaired) electrons. The van der Waals surface area contributed by atoms with E-state index in [9.17, 15) is 14.7 Å². The lowest BCUT2D eigenvalue weighted by Gasteiger charge is -2.20. The normalized spacial score (nSPS) is 10.7. The van der Waals surface area contributed by atoms with Gasteiger partial charge in [0.2, 0.25) is 5.95 Å². The van der Waals surface area contributed by atoms with Crippen LogP contribution in [0.5, 0.6) is 11.5 Å². The van der Waals surface area contributed by atoms with Crippen LogP contribution in [-0.2, 0) is 6.54 Å². The van der Waals surface area contributed by atoms with Gasteiger partial charge in [-0.05, 0) is 74.9 Å². The molecule has 3 N–H and O–H groups in total. The van der Waals surface area contributed by atoms with E-state index >= 15 is 0 Å². The molecule has 3 rings (SSSR count). The van der Waals surface area contributed by atoms with Crippen LogP contribution < -0.4 is 25.0 Å². The molecular weight excluding hydrogens is 512 g/mol. The zero-order valence-electron chi connectivity index (χ0n) is 23.5. The predicted molar refractivity (Wildman–Crippen MR) is 155 cm³/mol. The van der Waals surface area contributed by atoms with Crippen LogP contribution in [0.15, 0.2) is 54.7 Å². The van der Waals surface area contributed by atoms with Crippen LogP contribution in [0.3, 0.4) is 0 Å². The maximum absolute atomic E-state index is 12.7. The van der Waals surface area contributed by atoms with E-state index in [1.54, 1.807) is 42.5 Å². The van der Waals surface area contributed by atoms with E-state index in [4.69, 9.17) is 9.47 Å². The second-order valence-electron chi connectivity index (χ2n) is 8.98. The molecule has 2 amide bonds. The molecule has 40 heavy (non-hydrogen) atoms. The summed E-state index contributed by atoms with van der Waals surface area (Å²) in [6, 6.07) is 13.7. The lowest BCUT2D eigenvalue weighted by Crippen LogP contribution is -2.29. The third-order valence-corrected chi connectivity index (χ3v) is 6.43. The van der Waals surface area contributed by atoms with Crippen molar-refractivity contribution in [3.8, 4) is 11.5 Å². The average Bonchev–Trinajstić information content (AvgIpc) is 2.97. The number of ether oxygens (including phenoxy) is 2. The van der Waals surface area contributed by atoms with E-state index in [1.807, 2.05) is 0 Å². The molecule has 1 heterocycles. The Bertz CT molecular complexity index is 1270. The van der Waals surface area contributed by atoms with E-state index < -0.39 is 6.09 Å². The van der Waals surface area contributed by atoms with Gasteiger partial charge >= 0.3 is 6.09 Å². The van der Waals surface area contributed by atoms with Crippen molar-refractivity contribution in [1.82, 2.24) is 20.2 Å². The summed E-state index contributed by atoms with van der Waals surface area (Å²) in [6.07, 6.45) is 2.21. The number of nitrogens with one attached hydrogen (secondary N) is 2. The third kappa shape index (κ3) is 8.57. The Balaban J connectivity index is 1.67. The third-order valence-electron chi connectivity index (χ3n) is 6.43. The highest BCUT2D eigenvalue weighted by molar-refractivity contribution is 5.95. The van der Waals surface area contributed by atoms with Crippen molar-refractivity contribution in [1.29, 1.82) is 0 Å². The fraction of sp³-hybridized carbons (Fsp3) is 0.379. The predicted octanol–water partition coefficient (Wildman–Crippen LogP) is 4.77. The maximum Gasteiger partial charge on any atom is 0.413 e. The van der Waals surface area contributed by atoms with Crippen molar-refractivity contribution in [3.63, 3.8) is 0 Å². The van der Waals surface area contributed by atoms with Crippen molar-refractivity contribution < 1.29 is 24.2 Å². The van der Waals surface area contributed by atoms with Crippen LogP contribution in [0.1, 0.15) is 42.6 Å². The van der Waals surface area contributed by atoms with E-state index in [0.717, 1.165) is 37.4 Å². The van der Waals surface area contributed by atoms with E-state index in [2.05, 4.69) is 39.3 Å². The number of hydrogen-bond acceptors (Lipinski definition) is 8. The van der Waals surface area contributed by atoms with Crippen molar-refractivity contribution in [2.24, 2.45) is 0 Å². The van der Waals surface area contributed by atoms with Crippen molar-refractivity contribution in [2.45, 2.75) is 33.2 Å². The van der Waals surface area contributed by atoms with Crippen LogP contribution in [0.2, 0.25) is 0 Å². The Morgan fingerprint density at radius 1 is 1.00 bits per heavy atom. The number of rotatable bonds is 15. The number of carbonyl (C=O) groups excluding carboxylic acids is 1. The van der Waals surface area contributed by atoms with Gasteiger partial charge in [-0.15, -0.1) is 0 Å². The summed E-state index contributed by atoms with van der Waals surface area (Å²) in [5.41, 5.74) is 1.72. The minimum Gasteiger partial charge on any atom is -0.497 e. The van der Waals surface area contributed by atoms with Crippen LogP contribution in [0.4, 0.5) is 22.2 Å². The first-order valence-corrected chi connectivity index (χ1v) is 13.3. The molecule has 0 aliphatic heterocycles. The molecule has 0 atom stereocenters. The Morgan fingerprint density at radius 2 is 1.80 bits per heavy atom. The molecule has 0 unspecified atom stereocenters. The summed E-state index contributed by atoms with van der Waals surface area (Å²) in [5.74, 6) is 1.31. The highest BCUT2D eigenvalue weighted by Gasteiger charge is 2.20. The van der Waals surface area contributed by atoms with Gasteiger partial charge in [-0.2, -0.15) is 4.98 Å². The molecule has 214 valence electrons. The van der Waals surface area contributed by atoms with Crippen molar-refractivity contribution in [2.75, 3.05) is 50.6 Å². The first-order valence-electron chi connectivity index (χ1n) is 13.3. The summed E-state index contributed by atoms with van der Waals surface area (Å²) in [6.45, 7) is 7.96. The number of methoxy groups -OCH3 is 2. The van der Waals surface area contributed by atoms with E-state index in [0.29, 0.717) is 34.9 Å². The molecule has 0 aliphatic carbocycles. The van der Waals surface area contributed by atoms with Gasteiger partial charge in [0.05, 0.1) is 20.8 Å². The minimum atomic E-state index is -1.19. The molecule has 11 heteroatoms. The molecule has 0 fully saturated rings. The van der Waals surface area contributed by atoms with Gasteiger partial charge in [0.25, 0.3) is 5.91 Å². The fourth-order valence-electron chi connectivity index (χ4n) is 4.15. The number of carboxylic acid groups (broad SMARTS) is 1. The second kappa shape index (κ2) is 15.3. The van der Waals surface area contributed by atoms with Gasteiger partial charge in [0, 0.05) is 29.6 Å². The first-order chi connectivity index (χ1) is 19.4. The number of benzene rings is 2. The summed E-state index contributed by atoms with van der Waals surface area (Å²) in [4.78, 5) is 36.9. The number of unbranched alkanes of at least 4 members (excludes halogenated alkanes) is 1. The Kier molecular flexibility index (Phi) is 11.5. The molecule has 2 aromatic carbocycles. The first kappa shape index (κ1) is 30.2. The molecule has 0 saturated heterocycles. The summed E-state index contributed by atoms with van der Waals surface area (Å²) >= 11 is 0. The Hall–Kier alpha value is -4.38. The summed E-state index contributed by atoms with van der Waals surface area (Å²) in [7, 11) is 3.06. The van der Waals surface area contributed by atoms with Gasteiger partial charge in [-0.1, -0.05) is 19.9 Å². The molecule has 1 aromatic heterocycles. The standard InChI is InChI=1S/C29H38N6O5/c1-5-34(6-2)17-8-7-15-30-27(36)21-10-9-11-23(18-21)32-28-31-16-14-26(33-28)35(29(37)38)20-22-19-24(39-3)12-13-25(22)40-4/h9-14,16,18-19H,5-8,15,17,20H2,1-4H3,(H,30,36)(H,37,38)(H,31,32,33). The lowest BCUT2D eigenvalue weighted by molar-refractivity contribution is 0.0952. The number of amides is 2. The fourth-order valence-corrected chi connectivity index (χ4v) is 4.15. The topological polar surface area (TPSA) is 129 Å². The largest absolute Gasteiger partial charge is 0.497 e. The smallest absolute Gasteiger partial charge is 0.413 e. The van der Waals surface area contributed by atoms with Crippen LogP contribution in [0.25, 0.3) is 0 Å². The van der Waals surface area contributed by atoms with E-state index in [-0.39, 0.29) is 24.2 Å². The monoisotopic (exact) mass is 550 g/mol. The number of nitrogens with zero attached hydrogens (tertiary/aromatic N) is 4. The molecule has 0 saturated carbocycles. The number of aromatic nitrogens is 2. The lowest BCUT2D eigenvalue weighted by atomic mass is 10.1. The van der Waals surface area contributed by atoms with Crippen molar-refractivity contribution in [3.05, 3.63) is 65.9 Å². The Morgan fingerprint density at radius 3 is 2.50 bits per heavy atom. The molecule has 3 aromatic rings. The molecule has 11 nitrogen and oxygen atoms in total.